The van der Waals surface area contributed by atoms with Gasteiger partial charge in [0.15, 0.2) is 0 Å². The maximum atomic E-state index is 13.1. The molecule has 1 aromatic rings. The third-order valence-corrected chi connectivity index (χ3v) is 5.89. The Hall–Kier alpha value is -1.89. The number of carbonyl (C=O) groups excluding carboxylic acids is 2. The molecule has 0 saturated carbocycles. The molecule has 2 aliphatic rings. The molecule has 0 unspecified atom stereocenters. The first-order valence-corrected chi connectivity index (χ1v) is 9.63. The van der Waals surface area contributed by atoms with Crippen molar-refractivity contribution in [1.82, 2.24) is 24.5 Å². The Kier molecular flexibility index (Phi) is 5.37. The molecule has 1 atom stereocenters. The van der Waals surface area contributed by atoms with Gasteiger partial charge in [-0.1, -0.05) is 0 Å². The summed E-state index contributed by atoms with van der Waals surface area (Å²) in [6.45, 7) is 6.50. The third-order valence-electron chi connectivity index (χ3n) is 5.89. The third kappa shape index (κ3) is 3.24. The van der Waals surface area contributed by atoms with Crippen LogP contribution >= 0.6 is 0 Å². The number of amides is 2. The summed E-state index contributed by atoms with van der Waals surface area (Å²) in [6.07, 6.45) is 6.79. The summed E-state index contributed by atoms with van der Waals surface area (Å²) in [5.74, 6) is 0.278. The van der Waals surface area contributed by atoms with E-state index in [0.29, 0.717) is 32.0 Å². The van der Waals surface area contributed by atoms with Crippen LogP contribution in [-0.2, 0) is 15.1 Å². The highest BCUT2D eigenvalue weighted by Crippen LogP contribution is 2.33. The van der Waals surface area contributed by atoms with E-state index in [2.05, 4.69) is 23.8 Å². The summed E-state index contributed by atoms with van der Waals surface area (Å²) in [7, 11) is 3.56. The summed E-state index contributed by atoms with van der Waals surface area (Å²) < 4.78 is 1.78. The van der Waals surface area contributed by atoms with E-state index in [0.717, 1.165) is 19.4 Å². The van der Waals surface area contributed by atoms with Gasteiger partial charge in [-0.05, 0) is 52.1 Å². The molecule has 2 fully saturated rings. The lowest BCUT2D eigenvalue weighted by atomic mass is 9.85. The Balaban J connectivity index is 1.74. The minimum atomic E-state index is -0.683. The second-order valence-electron chi connectivity index (χ2n) is 8.00. The number of hydrogen-bond donors (Lipinski definition) is 0. The molecule has 1 aromatic heterocycles. The van der Waals surface area contributed by atoms with Crippen LogP contribution in [0.1, 0.15) is 39.5 Å². The molecular weight excluding hydrogens is 330 g/mol. The first kappa shape index (κ1) is 18.9. The molecule has 2 amide bonds. The standard InChI is InChI=1S/C19H31N5O2/c1-15(2)23-11-5-7-16(23)17(25)22-13-8-19(9-14-22,18(26)21(3)4)24-12-6-10-20-24/h6,10,12,15-16H,5,7-9,11,13-14H2,1-4H3/t16-/m0/s1. The lowest BCUT2D eigenvalue weighted by Gasteiger charge is -2.43. The first-order chi connectivity index (χ1) is 12.4. The van der Waals surface area contributed by atoms with Crippen molar-refractivity contribution in [3.05, 3.63) is 18.5 Å². The Morgan fingerprint density at radius 3 is 2.42 bits per heavy atom. The number of nitrogens with zero attached hydrogens (tertiary/aromatic N) is 5. The molecule has 7 heteroatoms. The van der Waals surface area contributed by atoms with E-state index in [1.165, 1.54) is 0 Å². The van der Waals surface area contributed by atoms with Crippen LogP contribution in [0.4, 0.5) is 0 Å². The minimum absolute atomic E-state index is 0.00301. The van der Waals surface area contributed by atoms with Crippen molar-refractivity contribution in [2.75, 3.05) is 33.7 Å². The van der Waals surface area contributed by atoms with Crippen LogP contribution in [0.15, 0.2) is 18.5 Å². The van der Waals surface area contributed by atoms with Crippen LogP contribution in [0.2, 0.25) is 0 Å². The van der Waals surface area contributed by atoms with Gasteiger partial charge in [-0.15, -0.1) is 0 Å². The normalized spacial score (nSPS) is 23.4. The summed E-state index contributed by atoms with van der Waals surface area (Å²) in [5, 5.41) is 4.36. The maximum absolute atomic E-state index is 13.1. The van der Waals surface area contributed by atoms with Crippen LogP contribution in [0.25, 0.3) is 0 Å². The summed E-state index contributed by atoms with van der Waals surface area (Å²) >= 11 is 0. The molecule has 3 rings (SSSR count). The number of likely N-dealkylation sites (tertiary alicyclic amines) is 2. The second kappa shape index (κ2) is 7.39. The zero-order valence-electron chi connectivity index (χ0n) is 16.4. The minimum Gasteiger partial charge on any atom is -0.347 e. The first-order valence-electron chi connectivity index (χ1n) is 9.63. The largest absolute Gasteiger partial charge is 0.347 e. The van der Waals surface area contributed by atoms with Gasteiger partial charge in [0.1, 0.15) is 5.54 Å². The average molecular weight is 361 g/mol. The molecule has 0 spiro atoms. The van der Waals surface area contributed by atoms with Gasteiger partial charge in [0, 0.05) is 45.6 Å². The SMILES string of the molecule is CC(C)N1CCC[C@H]1C(=O)N1CCC(C(=O)N(C)C)(n2cccn2)CC1. The van der Waals surface area contributed by atoms with E-state index < -0.39 is 5.54 Å². The van der Waals surface area contributed by atoms with Crippen LogP contribution in [0.3, 0.4) is 0 Å². The van der Waals surface area contributed by atoms with Crippen molar-refractivity contribution in [2.24, 2.45) is 0 Å². The summed E-state index contributed by atoms with van der Waals surface area (Å²) in [5.41, 5.74) is -0.683. The van der Waals surface area contributed by atoms with Gasteiger partial charge < -0.3 is 9.80 Å². The lowest BCUT2D eigenvalue weighted by molar-refractivity contribution is -0.147. The fourth-order valence-corrected chi connectivity index (χ4v) is 4.46. The van der Waals surface area contributed by atoms with E-state index in [9.17, 15) is 9.59 Å². The van der Waals surface area contributed by atoms with Crippen molar-refractivity contribution < 1.29 is 9.59 Å². The average Bonchev–Trinajstić information content (AvgIpc) is 3.32. The summed E-state index contributed by atoms with van der Waals surface area (Å²) in [6, 6.07) is 2.23. The highest BCUT2D eigenvalue weighted by Gasteiger charge is 2.46. The number of piperidine rings is 1. The zero-order chi connectivity index (χ0) is 18.9. The Bertz CT molecular complexity index is 632. The Morgan fingerprint density at radius 1 is 1.19 bits per heavy atom. The zero-order valence-corrected chi connectivity index (χ0v) is 16.4. The fraction of sp³-hybridized carbons (Fsp3) is 0.737. The van der Waals surface area contributed by atoms with E-state index in [-0.39, 0.29) is 17.9 Å². The highest BCUT2D eigenvalue weighted by atomic mass is 16.2. The van der Waals surface area contributed by atoms with Crippen LogP contribution in [0, 0.1) is 0 Å². The number of hydrogen-bond acceptors (Lipinski definition) is 4. The van der Waals surface area contributed by atoms with E-state index in [4.69, 9.17) is 0 Å². The monoisotopic (exact) mass is 361 g/mol. The Labute approximate surface area is 155 Å². The van der Waals surface area contributed by atoms with Gasteiger partial charge in [0.2, 0.25) is 11.8 Å². The van der Waals surface area contributed by atoms with Gasteiger partial charge in [-0.25, -0.2) is 0 Å². The topological polar surface area (TPSA) is 61.7 Å². The van der Waals surface area contributed by atoms with Crippen LogP contribution < -0.4 is 0 Å². The molecule has 2 aliphatic heterocycles. The molecule has 0 N–H and O–H groups in total. The predicted molar refractivity (Wildman–Crippen MR) is 99.6 cm³/mol. The van der Waals surface area contributed by atoms with E-state index >= 15 is 0 Å². The van der Waals surface area contributed by atoms with Crippen LogP contribution in [-0.4, -0.2) is 82.1 Å². The molecule has 0 bridgehead atoms. The summed E-state index contributed by atoms with van der Waals surface area (Å²) in [4.78, 5) is 31.9. The number of aromatic nitrogens is 2. The van der Waals surface area contributed by atoms with Gasteiger partial charge in [-0.2, -0.15) is 5.10 Å². The fourth-order valence-electron chi connectivity index (χ4n) is 4.46. The van der Waals surface area contributed by atoms with Gasteiger partial charge >= 0.3 is 0 Å². The highest BCUT2D eigenvalue weighted by molar-refractivity contribution is 5.86. The van der Waals surface area contributed by atoms with Gasteiger partial charge in [-0.3, -0.25) is 19.2 Å². The van der Waals surface area contributed by atoms with E-state index in [1.54, 1.807) is 29.9 Å². The van der Waals surface area contributed by atoms with E-state index in [1.807, 2.05) is 17.2 Å². The van der Waals surface area contributed by atoms with Crippen molar-refractivity contribution in [3.8, 4) is 0 Å². The number of carbonyl (C=O) groups is 2. The molecule has 2 saturated heterocycles. The number of rotatable bonds is 4. The second-order valence-corrected chi connectivity index (χ2v) is 8.00. The molecule has 0 aliphatic carbocycles. The lowest BCUT2D eigenvalue weighted by Crippen LogP contribution is -2.58. The predicted octanol–water partition coefficient (Wildman–Crippen LogP) is 1.16. The maximum Gasteiger partial charge on any atom is 0.250 e. The molecule has 3 heterocycles. The molecule has 144 valence electrons. The molecular formula is C19H31N5O2. The Morgan fingerprint density at radius 2 is 1.88 bits per heavy atom. The van der Waals surface area contributed by atoms with Crippen molar-refractivity contribution in [2.45, 2.75) is 57.2 Å². The number of likely N-dealkylation sites (N-methyl/N-ethyl adjacent to an activating group) is 1. The van der Waals surface area contributed by atoms with Gasteiger partial charge in [0.25, 0.3) is 0 Å². The smallest absolute Gasteiger partial charge is 0.250 e. The van der Waals surface area contributed by atoms with Crippen LogP contribution in [0.5, 0.6) is 0 Å². The van der Waals surface area contributed by atoms with Crippen molar-refractivity contribution in [1.29, 1.82) is 0 Å². The van der Waals surface area contributed by atoms with Gasteiger partial charge in [0.05, 0.1) is 6.04 Å². The van der Waals surface area contributed by atoms with Crippen molar-refractivity contribution in [3.63, 3.8) is 0 Å². The molecule has 0 aromatic carbocycles. The molecule has 0 radical (unpaired) electrons. The molecule has 7 nitrogen and oxygen atoms in total. The van der Waals surface area contributed by atoms with Crippen molar-refractivity contribution >= 4 is 11.8 Å². The molecule has 26 heavy (non-hydrogen) atoms. The quantitative estimate of drug-likeness (QED) is 0.807.